The molecule has 0 amide bonds. The van der Waals surface area contributed by atoms with Crippen molar-refractivity contribution in [3.05, 3.63) is 0 Å². The third-order valence-electron chi connectivity index (χ3n) is 14.0. The molecule has 14 heteroatoms. The van der Waals surface area contributed by atoms with Gasteiger partial charge in [0.25, 0.3) is 0 Å². The first-order valence-electron chi connectivity index (χ1n) is 19.2. The van der Waals surface area contributed by atoms with Gasteiger partial charge in [0.15, 0.2) is 0 Å². The van der Waals surface area contributed by atoms with Gasteiger partial charge in [0.05, 0.1) is 55.9 Å². The fraction of sp³-hybridized carbons (Fsp3) is 1.00. The standard InChI is InChI=1S/C32H56N8.C2H4F3N.HI.Zn/c1-2-10-18-17(9-1)25-33-26(18)38-28-21-13-5-6-14-22(21)30(35-28)40-32-24-16-8-7-15-23(24)31(36-32)39-29-20-12-4-3-11-19(20)27(34-29)37-25;3-2(4,5)1-6;;/h17-40H,1-16H2;1,6H2;1H;. The second-order valence-electron chi connectivity index (χ2n) is 16.4. The molecule has 0 aromatic heterocycles. The first kappa shape index (κ1) is 38.5. The van der Waals surface area contributed by atoms with Crippen molar-refractivity contribution in [2.75, 3.05) is 6.54 Å². The summed E-state index contributed by atoms with van der Waals surface area (Å²) in [7, 11) is 0. The maximum Gasteiger partial charge on any atom is 0.400 e. The number of hydrogen-bond acceptors (Lipinski definition) is 9. The van der Waals surface area contributed by atoms with Crippen LogP contribution in [0.1, 0.15) is 103 Å². The van der Waals surface area contributed by atoms with Gasteiger partial charge in [-0.15, -0.1) is 24.0 Å². The molecule has 8 bridgehead atoms. The van der Waals surface area contributed by atoms with Crippen LogP contribution >= 0.6 is 24.0 Å². The Balaban J connectivity index is 0.000000463. The summed E-state index contributed by atoms with van der Waals surface area (Å²) in [5.41, 5.74) is 4.18. The Morgan fingerprint density at radius 1 is 0.375 bits per heavy atom. The van der Waals surface area contributed by atoms with Crippen LogP contribution in [0, 0.1) is 47.3 Å². The number of nitrogens with two attached hydrogens (primary N) is 1. The minimum absolute atomic E-state index is 0. The summed E-state index contributed by atoms with van der Waals surface area (Å²) >= 11 is 0. The molecule has 0 aromatic carbocycles. The number of fused-ring (bicyclic) bond motifs is 20. The molecule has 0 aromatic rings. The molecule has 272 valence electrons. The van der Waals surface area contributed by atoms with E-state index in [0.717, 1.165) is 47.3 Å². The van der Waals surface area contributed by atoms with Gasteiger partial charge in [-0.05, 0) is 98.7 Å². The Kier molecular flexibility index (Phi) is 13.2. The van der Waals surface area contributed by atoms with Gasteiger partial charge in [0.1, 0.15) is 0 Å². The number of rotatable bonds is 0. The molecule has 8 unspecified atom stereocenters. The van der Waals surface area contributed by atoms with Gasteiger partial charge in [-0.1, -0.05) is 51.4 Å². The smallest absolute Gasteiger partial charge is 0.323 e. The number of alkyl halides is 3. The molecule has 48 heavy (non-hydrogen) atoms. The van der Waals surface area contributed by atoms with Crippen molar-refractivity contribution >= 4 is 24.0 Å². The molecule has 9 aliphatic rings. The van der Waals surface area contributed by atoms with Gasteiger partial charge in [0.2, 0.25) is 0 Å². The van der Waals surface area contributed by atoms with Crippen molar-refractivity contribution in [2.45, 2.75) is 158 Å². The van der Waals surface area contributed by atoms with Crippen molar-refractivity contribution in [1.29, 1.82) is 0 Å². The second-order valence-corrected chi connectivity index (χ2v) is 16.4. The summed E-state index contributed by atoms with van der Waals surface area (Å²) < 4.78 is 32.0. The van der Waals surface area contributed by atoms with Crippen LogP contribution in [0.25, 0.3) is 0 Å². The van der Waals surface area contributed by atoms with Crippen LogP contribution in [0.4, 0.5) is 13.2 Å². The van der Waals surface area contributed by atoms with Crippen LogP contribution in [-0.2, 0) is 19.5 Å². The summed E-state index contributed by atoms with van der Waals surface area (Å²) in [5.74, 6) is 5.97. The monoisotopic (exact) mass is 843 g/mol. The van der Waals surface area contributed by atoms with E-state index in [1.807, 2.05) is 0 Å². The van der Waals surface area contributed by atoms with E-state index in [0.29, 0.717) is 49.3 Å². The van der Waals surface area contributed by atoms with Gasteiger partial charge >= 0.3 is 6.18 Å². The summed E-state index contributed by atoms with van der Waals surface area (Å²) in [5, 5.41) is 33.8. The zero-order valence-electron chi connectivity index (χ0n) is 28.6. The van der Waals surface area contributed by atoms with Crippen molar-refractivity contribution in [2.24, 2.45) is 53.1 Å². The molecule has 9 rings (SSSR count). The number of hydrogen-bond donors (Lipinski definition) is 9. The minimum Gasteiger partial charge on any atom is -0.323 e. The topological polar surface area (TPSA) is 122 Å². The van der Waals surface area contributed by atoms with Gasteiger partial charge in [0, 0.05) is 19.5 Å². The minimum atomic E-state index is -4.18. The summed E-state index contributed by atoms with van der Waals surface area (Å²) in [6.45, 7) is -1.23. The molecule has 0 radical (unpaired) electrons. The summed E-state index contributed by atoms with van der Waals surface area (Å²) in [4.78, 5) is 0. The SMILES string of the molecule is C1CCC2C3NC(NC4NC(NC5NC(NC6NC(N3)C3CCCCC63)C3CCCCC53)C3CCCCC43)C2C1.I.NCC(F)(F)F.[Zn]. The van der Waals surface area contributed by atoms with Gasteiger partial charge in [-0.3, -0.25) is 42.5 Å². The van der Waals surface area contributed by atoms with Gasteiger partial charge in [-0.2, -0.15) is 13.2 Å². The Bertz CT molecular complexity index is 840. The molecule has 5 aliphatic heterocycles. The van der Waals surface area contributed by atoms with Crippen LogP contribution < -0.4 is 48.3 Å². The van der Waals surface area contributed by atoms with Crippen molar-refractivity contribution in [3.8, 4) is 0 Å². The molecule has 9 fully saturated rings. The van der Waals surface area contributed by atoms with Gasteiger partial charge < -0.3 is 5.73 Å². The fourth-order valence-corrected chi connectivity index (χ4v) is 12.0. The zero-order chi connectivity index (χ0) is 31.4. The van der Waals surface area contributed by atoms with Crippen LogP contribution in [0.5, 0.6) is 0 Å². The first-order chi connectivity index (χ1) is 22.4. The molecule has 4 aliphatic carbocycles. The van der Waals surface area contributed by atoms with Crippen LogP contribution in [0.2, 0.25) is 0 Å². The third kappa shape index (κ3) is 7.85. The molecular weight excluding hydrogens is 784 g/mol. The average Bonchev–Trinajstić information content (AvgIpc) is 3.80. The van der Waals surface area contributed by atoms with Crippen LogP contribution in [0.3, 0.4) is 0 Å². The summed E-state index contributed by atoms with van der Waals surface area (Å²) in [6, 6.07) is 0. The Morgan fingerprint density at radius 3 is 0.604 bits per heavy atom. The maximum absolute atomic E-state index is 10.7. The Morgan fingerprint density at radius 2 is 0.500 bits per heavy atom. The molecule has 5 saturated heterocycles. The average molecular weight is 845 g/mol. The third-order valence-corrected chi connectivity index (χ3v) is 14.0. The fourth-order valence-electron chi connectivity index (χ4n) is 12.0. The predicted molar refractivity (Wildman–Crippen MR) is 188 cm³/mol. The molecule has 9 nitrogen and oxygen atoms in total. The molecular formula is C34H61F3IN9Zn. The first-order valence-corrected chi connectivity index (χ1v) is 19.2. The van der Waals surface area contributed by atoms with E-state index in [2.05, 4.69) is 48.3 Å². The molecule has 10 N–H and O–H groups in total. The summed E-state index contributed by atoms with van der Waals surface area (Å²) in [6.07, 6.45) is 21.4. The quantitative estimate of drug-likeness (QED) is 0.133. The second kappa shape index (κ2) is 16.4. The molecule has 0 spiro atoms. The van der Waals surface area contributed by atoms with Gasteiger partial charge in [-0.25, -0.2) is 0 Å². The molecule has 5 heterocycles. The number of halogens is 4. The normalized spacial score (nSPS) is 49.5. The van der Waals surface area contributed by atoms with Crippen molar-refractivity contribution in [3.63, 3.8) is 0 Å². The van der Waals surface area contributed by atoms with E-state index >= 15 is 0 Å². The van der Waals surface area contributed by atoms with Crippen LogP contribution in [0.15, 0.2) is 0 Å². The maximum atomic E-state index is 10.7. The van der Waals surface area contributed by atoms with Crippen molar-refractivity contribution < 1.29 is 32.6 Å². The van der Waals surface area contributed by atoms with E-state index in [4.69, 9.17) is 0 Å². The number of nitrogens with one attached hydrogen (secondary N) is 8. The van der Waals surface area contributed by atoms with E-state index in [1.54, 1.807) is 0 Å². The van der Waals surface area contributed by atoms with Crippen molar-refractivity contribution in [1.82, 2.24) is 42.5 Å². The Hall–Kier alpha value is 0.783. The largest absolute Gasteiger partial charge is 0.400 e. The molecule has 4 saturated carbocycles. The van der Waals surface area contributed by atoms with E-state index in [9.17, 15) is 13.2 Å². The van der Waals surface area contributed by atoms with E-state index in [-0.39, 0.29) is 43.5 Å². The molecule has 8 atom stereocenters. The zero-order valence-corrected chi connectivity index (χ0v) is 33.9. The predicted octanol–water partition coefficient (Wildman–Crippen LogP) is 3.73. The van der Waals surface area contributed by atoms with Crippen LogP contribution in [-0.4, -0.2) is 62.0 Å². The van der Waals surface area contributed by atoms with E-state index < -0.39 is 12.7 Å². The Labute approximate surface area is 315 Å². The van der Waals surface area contributed by atoms with E-state index in [1.165, 1.54) is 103 Å².